The summed E-state index contributed by atoms with van der Waals surface area (Å²) in [6.45, 7) is 3.63. The van der Waals surface area contributed by atoms with Gasteiger partial charge in [-0.05, 0) is 56.3 Å². The SMILES string of the molecule is CC(=O)O[C@H]1CC[C@]2(/C=N\O)C(=CC[C@H]3[C@H]4CCC(=O)[C@]4(C)CC[C@H]32)C1. The highest BCUT2D eigenvalue weighted by Gasteiger charge is 2.59. The van der Waals surface area contributed by atoms with Crippen LogP contribution in [-0.2, 0) is 14.3 Å². The van der Waals surface area contributed by atoms with E-state index in [1.54, 1.807) is 6.21 Å². The van der Waals surface area contributed by atoms with Crippen LogP contribution >= 0.6 is 0 Å². The van der Waals surface area contributed by atoms with Crippen molar-refractivity contribution in [2.45, 2.75) is 71.3 Å². The molecule has 4 rings (SSSR count). The first-order chi connectivity index (χ1) is 12.4. The number of hydrogen-bond acceptors (Lipinski definition) is 5. The highest BCUT2D eigenvalue weighted by Crippen LogP contribution is 2.63. The van der Waals surface area contributed by atoms with Crippen molar-refractivity contribution in [3.63, 3.8) is 0 Å². The Labute approximate surface area is 154 Å². The van der Waals surface area contributed by atoms with Crippen LogP contribution in [0.3, 0.4) is 0 Å². The summed E-state index contributed by atoms with van der Waals surface area (Å²) in [5.74, 6) is 1.55. The van der Waals surface area contributed by atoms with Crippen molar-refractivity contribution in [2.24, 2.45) is 33.7 Å². The monoisotopic (exact) mass is 359 g/mol. The summed E-state index contributed by atoms with van der Waals surface area (Å²) in [4.78, 5) is 23.9. The Morgan fingerprint density at radius 3 is 2.85 bits per heavy atom. The van der Waals surface area contributed by atoms with Crippen molar-refractivity contribution in [3.8, 4) is 0 Å². The van der Waals surface area contributed by atoms with Crippen molar-refractivity contribution in [1.29, 1.82) is 0 Å². The number of hydrogen-bond donors (Lipinski definition) is 1. The fraction of sp³-hybridized carbons (Fsp3) is 0.762. The Hall–Kier alpha value is -1.65. The number of Topliss-reactive ketones (excluding diaryl/α,β-unsaturated/α-hetero) is 1. The number of ether oxygens (including phenoxy) is 1. The average molecular weight is 359 g/mol. The molecule has 5 heteroatoms. The molecule has 4 aliphatic carbocycles. The third kappa shape index (κ3) is 2.46. The smallest absolute Gasteiger partial charge is 0.302 e. The highest BCUT2D eigenvalue weighted by molar-refractivity contribution is 5.87. The van der Waals surface area contributed by atoms with Crippen LogP contribution in [0.4, 0.5) is 0 Å². The fourth-order valence-corrected chi connectivity index (χ4v) is 6.78. The minimum absolute atomic E-state index is 0.0718. The Bertz CT molecular complexity index is 683. The zero-order valence-corrected chi connectivity index (χ0v) is 15.7. The van der Waals surface area contributed by atoms with Crippen molar-refractivity contribution in [2.75, 3.05) is 0 Å². The molecule has 0 unspecified atom stereocenters. The predicted molar refractivity (Wildman–Crippen MR) is 96.9 cm³/mol. The quantitative estimate of drug-likeness (QED) is 0.267. The maximum atomic E-state index is 12.5. The molecule has 4 aliphatic rings. The summed E-state index contributed by atoms with van der Waals surface area (Å²) in [6.07, 6.45) is 11.0. The average Bonchev–Trinajstić information content (AvgIpc) is 2.90. The number of carbonyl (C=O) groups is 2. The lowest BCUT2D eigenvalue weighted by atomic mass is 9.48. The molecule has 0 bridgehead atoms. The minimum Gasteiger partial charge on any atom is -0.462 e. The van der Waals surface area contributed by atoms with Crippen LogP contribution in [-0.4, -0.2) is 29.3 Å². The van der Waals surface area contributed by atoms with E-state index in [-0.39, 0.29) is 22.9 Å². The molecule has 0 aromatic heterocycles. The van der Waals surface area contributed by atoms with Gasteiger partial charge in [-0.3, -0.25) is 9.59 Å². The molecule has 0 aliphatic heterocycles. The van der Waals surface area contributed by atoms with Crippen LogP contribution in [0.15, 0.2) is 16.8 Å². The number of fused-ring (bicyclic) bond motifs is 5. The maximum absolute atomic E-state index is 12.5. The predicted octanol–water partition coefficient (Wildman–Crippen LogP) is 3.89. The Kier molecular flexibility index (Phi) is 4.24. The van der Waals surface area contributed by atoms with Gasteiger partial charge in [-0.1, -0.05) is 18.6 Å². The lowest BCUT2D eigenvalue weighted by molar-refractivity contribution is -0.148. The number of carbonyl (C=O) groups excluding carboxylic acids is 2. The van der Waals surface area contributed by atoms with E-state index < -0.39 is 0 Å². The van der Waals surface area contributed by atoms with Gasteiger partial charge in [0.15, 0.2) is 0 Å². The number of rotatable bonds is 2. The van der Waals surface area contributed by atoms with Crippen LogP contribution < -0.4 is 0 Å². The van der Waals surface area contributed by atoms with E-state index in [1.807, 2.05) is 0 Å². The Morgan fingerprint density at radius 2 is 2.12 bits per heavy atom. The minimum atomic E-state index is -0.235. The van der Waals surface area contributed by atoms with Gasteiger partial charge in [0.1, 0.15) is 11.9 Å². The summed E-state index contributed by atoms with van der Waals surface area (Å²) in [5.41, 5.74) is 0.877. The second-order valence-corrected chi connectivity index (χ2v) is 9.02. The van der Waals surface area contributed by atoms with Crippen molar-refractivity contribution in [1.82, 2.24) is 0 Å². The molecule has 0 amide bonds. The molecule has 0 aromatic carbocycles. The number of esters is 1. The third-order valence-corrected chi connectivity index (χ3v) is 7.99. The van der Waals surface area contributed by atoms with Crippen LogP contribution in [0.1, 0.15) is 65.2 Å². The lowest BCUT2D eigenvalue weighted by Gasteiger charge is -2.56. The summed E-state index contributed by atoms with van der Waals surface area (Å²) < 4.78 is 5.47. The van der Waals surface area contributed by atoms with E-state index in [1.165, 1.54) is 12.5 Å². The van der Waals surface area contributed by atoms with Crippen LogP contribution in [0.25, 0.3) is 0 Å². The molecule has 5 nitrogen and oxygen atoms in total. The number of oxime groups is 1. The zero-order chi connectivity index (χ0) is 18.5. The first-order valence-electron chi connectivity index (χ1n) is 9.99. The van der Waals surface area contributed by atoms with Gasteiger partial charge in [0, 0.05) is 30.6 Å². The van der Waals surface area contributed by atoms with E-state index in [0.29, 0.717) is 23.5 Å². The van der Waals surface area contributed by atoms with Gasteiger partial charge in [0.2, 0.25) is 0 Å². The Morgan fingerprint density at radius 1 is 1.31 bits per heavy atom. The molecule has 0 saturated heterocycles. The molecule has 0 aromatic rings. The molecular weight excluding hydrogens is 330 g/mol. The standard InChI is InChI=1S/C21H29NO4/c1-13(23)26-15-7-10-21(12-22-25)14(11-15)3-4-16-17-5-6-19(24)20(17,2)9-8-18(16)21/h3,12,15-18,25H,4-11H2,1-2H3/b22-12-/t15-,16-,17+,18+,20+,21-/m0/s1. The van der Waals surface area contributed by atoms with Crippen LogP contribution in [0.5, 0.6) is 0 Å². The summed E-state index contributed by atoms with van der Waals surface area (Å²) in [5, 5.41) is 12.9. The maximum Gasteiger partial charge on any atom is 0.302 e. The molecular formula is C21H29NO4. The van der Waals surface area contributed by atoms with Gasteiger partial charge >= 0.3 is 5.97 Å². The van der Waals surface area contributed by atoms with Gasteiger partial charge in [-0.2, -0.15) is 0 Å². The molecule has 1 N–H and O–H groups in total. The summed E-state index contributed by atoms with van der Waals surface area (Å²) in [7, 11) is 0. The topological polar surface area (TPSA) is 76.0 Å². The zero-order valence-electron chi connectivity index (χ0n) is 15.7. The highest BCUT2D eigenvalue weighted by atomic mass is 16.5. The summed E-state index contributed by atoms with van der Waals surface area (Å²) in [6, 6.07) is 0. The van der Waals surface area contributed by atoms with Crippen LogP contribution in [0.2, 0.25) is 0 Å². The molecule has 3 saturated carbocycles. The third-order valence-electron chi connectivity index (χ3n) is 7.99. The van der Waals surface area contributed by atoms with Crippen molar-refractivity contribution in [3.05, 3.63) is 11.6 Å². The van der Waals surface area contributed by atoms with E-state index in [2.05, 4.69) is 18.2 Å². The van der Waals surface area contributed by atoms with Crippen LogP contribution in [0, 0.1) is 28.6 Å². The molecule has 3 fully saturated rings. The second kappa shape index (κ2) is 6.21. The molecule has 0 heterocycles. The van der Waals surface area contributed by atoms with Crippen molar-refractivity contribution < 1.29 is 19.5 Å². The Balaban J connectivity index is 1.67. The van der Waals surface area contributed by atoms with Crippen molar-refractivity contribution >= 4 is 18.0 Å². The summed E-state index contributed by atoms with van der Waals surface area (Å²) >= 11 is 0. The molecule has 26 heavy (non-hydrogen) atoms. The van der Waals surface area contributed by atoms with Gasteiger partial charge in [-0.15, -0.1) is 5.16 Å². The van der Waals surface area contributed by atoms with E-state index >= 15 is 0 Å². The first kappa shape index (κ1) is 17.7. The van der Waals surface area contributed by atoms with E-state index in [9.17, 15) is 14.8 Å². The molecule has 0 radical (unpaired) electrons. The second-order valence-electron chi connectivity index (χ2n) is 9.02. The largest absolute Gasteiger partial charge is 0.462 e. The number of allylic oxidation sites excluding steroid dienone is 1. The normalized spacial score (nSPS) is 44.8. The van der Waals surface area contributed by atoms with Gasteiger partial charge in [0.25, 0.3) is 0 Å². The molecule has 142 valence electrons. The molecule has 0 spiro atoms. The van der Waals surface area contributed by atoms with E-state index in [4.69, 9.17) is 4.74 Å². The lowest BCUT2D eigenvalue weighted by Crippen LogP contribution is -2.52. The fourth-order valence-electron chi connectivity index (χ4n) is 6.78. The first-order valence-corrected chi connectivity index (χ1v) is 9.99. The van der Waals surface area contributed by atoms with E-state index in [0.717, 1.165) is 51.4 Å². The van der Waals surface area contributed by atoms with Gasteiger partial charge in [0.05, 0.1) is 6.21 Å². The molecule has 6 atom stereocenters. The van der Waals surface area contributed by atoms with Gasteiger partial charge in [-0.25, -0.2) is 0 Å². The number of ketones is 1. The number of nitrogens with zero attached hydrogens (tertiary/aromatic N) is 1. The van der Waals surface area contributed by atoms with Gasteiger partial charge < -0.3 is 9.94 Å².